The van der Waals surface area contributed by atoms with Gasteiger partial charge in [0.1, 0.15) is 0 Å². The average molecular weight is 228 g/mol. The van der Waals surface area contributed by atoms with Crippen LogP contribution in [0, 0.1) is 0 Å². The van der Waals surface area contributed by atoms with Gasteiger partial charge in [-0.2, -0.15) is 26.3 Å². The lowest BCUT2D eigenvalue weighted by Crippen LogP contribution is -2.58. The second kappa shape index (κ2) is 3.55. The van der Waals surface area contributed by atoms with Crippen LogP contribution in [0.5, 0.6) is 0 Å². The molecule has 0 aliphatic carbocycles. The van der Waals surface area contributed by atoms with E-state index in [0.717, 1.165) is 0 Å². The molecule has 0 rings (SSSR count). The van der Waals surface area contributed by atoms with Gasteiger partial charge < -0.3 is 15.3 Å². The van der Waals surface area contributed by atoms with E-state index < -0.39 is 30.7 Å². The molecule has 0 aliphatic rings. The van der Waals surface area contributed by atoms with Gasteiger partial charge in [-0.05, 0) is 0 Å². The summed E-state index contributed by atoms with van der Waals surface area (Å²) in [6.45, 7) is 0. The second-order valence-corrected chi connectivity index (χ2v) is 2.54. The molecule has 9 heteroatoms. The van der Waals surface area contributed by atoms with Gasteiger partial charge in [-0.1, -0.05) is 0 Å². The zero-order chi connectivity index (χ0) is 11.8. The van der Waals surface area contributed by atoms with Crippen molar-refractivity contribution in [1.29, 1.82) is 0 Å². The molecule has 14 heavy (non-hydrogen) atoms. The van der Waals surface area contributed by atoms with Gasteiger partial charge >= 0.3 is 12.4 Å². The van der Waals surface area contributed by atoms with E-state index in [2.05, 4.69) is 0 Å². The number of aliphatic hydroxyl groups excluding tert-OH is 1. The van der Waals surface area contributed by atoms with Crippen LogP contribution in [0.1, 0.15) is 6.42 Å². The van der Waals surface area contributed by atoms with Gasteiger partial charge in [0.2, 0.25) is 0 Å². The molecule has 0 radical (unpaired) electrons. The summed E-state index contributed by atoms with van der Waals surface area (Å²) in [5.41, 5.74) is -5.10. The maximum absolute atomic E-state index is 11.8. The lowest BCUT2D eigenvalue weighted by Gasteiger charge is -2.32. The molecule has 0 fully saturated rings. The number of hydrogen-bond acceptors (Lipinski definition) is 3. The van der Waals surface area contributed by atoms with Crippen LogP contribution in [0.3, 0.4) is 0 Å². The van der Waals surface area contributed by atoms with Gasteiger partial charge in [0.05, 0.1) is 0 Å². The molecular weight excluding hydrogens is 222 g/mol. The molecule has 0 unspecified atom stereocenters. The Bertz CT molecular complexity index is 181. The lowest BCUT2D eigenvalue weighted by molar-refractivity contribution is -0.379. The van der Waals surface area contributed by atoms with Crippen LogP contribution >= 0.6 is 0 Å². The molecule has 86 valence electrons. The summed E-state index contributed by atoms with van der Waals surface area (Å²) < 4.78 is 70.6. The molecule has 0 aromatic heterocycles. The highest BCUT2D eigenvalue weighted by molar-refractivity contribution is 4.94. The lowest BCUT2D eigenvalue weighted by atomic mass is 9.98. The van der Waals surface area contributed by atoms with E-state index in [-0.39, 0.29) is 0 Å². The fourth-order valence-corrected chi connectivity index (χ4v) is 0.656. The summed E-state index contributed by atoms with van der Waals surface area (Å²) in [6, 6.07) is 0. The minimum atomic E-state index is -6.02. The highest BCUT2D eigenvalue weighted by Crippen LogP contribution is 2.45. The molecule has 0 atom stereocenters. The Labute approximate surface area is 73.6 Å². The summed E-state index contributed by atoms with van der Waals surface area (Å²) in [7, 11) is 0. The highest BCUT2D eigenvalue weighted by atomic mass is 19.4. The topological polar surface area (TPSA) is 60.7 Å². The standard InChI is InChI=1S/C5H6F6O3/c6-4(7,8)3(14,1-2(12)13)5(9,10)11/h2,12-14H,1H2. The van der Waals surface area contributed by atoms with E-state index in [4.69, 9.17) is 15.3 Å². The van der Waals surface area contributed by atoms with Gasteiger partial charge in [0.25, 0.3) is 5.60 Å². The third kappa shape index (κ3) is 2.49. The first-order chi connectivity index (χ1) is 5.92. The van der Waals surface area contributed by atoms with Crippen LogP contribution in [-0.2, 0) is 0 Å². The number of aliphatic hydroxyl groups is 3. The smallest absolute Gasteiger partial charge is 0.373 e. The Balaban J connectivity index is 5.07. The molecule has 0 aromatic rings. The molecule has 0 amide bonds. The predicted octanol–water partition coefficient (Wildman–Crippen LogP) is 0.543. The molecule has 0 saturated heterocycles. The zero-order valence-corrected chi connectivity index (χ0v) is 6.39. The SMILES string of the molecule is OC(O)CC(O)(C(F)(F)F)C(F)(F)F. The summed E-state index contributed by atoms with van der Waals surface area (Å²) >= 11 is 0. The maximum atomic E-state index is 11.8. The van der Waals surface area contributed by atoms with Crippen LogP contribution in [0.25, 0.3) is 0 Å². The number of alkyl halides is 6. The summed E-state index contributed by atoms with van der Waals surface area (Å²) in [4.78, 5) is 0. The van der Waals surface area contributed by atoms with E-state index in [0.29, 0.717) is 0 Å². The van der Waals surface area contributed by atoms with Crippen LogP contribution in [0.15, 0.2) is 0 Å². The molecule has 0 aliphatic heterocycles. The molecule has 0 bridgehead atoms. The van der Waals surface area contributed by atoms with Crippen molar-refractivity contribution >= 4 is 0 Å². The van der Waals surface area contributed by atoms with E-state index in [1.54, 1.807) is 0 Å². The first-order valence-electron chi connectivity index (χ1n) is 3.14. The first kappa shape index (κ1) is 13.5. The minimum absolute atomic E-state index is 2.28. The summed E-state index contributed by atoms with van der Waals surface area (Å²) in [5.74, 6) is 0. The van der Waals surface area contributed by atoms with Gasteiger partial charge in [-0.15, -0.1) is 0 Å². The molecular formula is C5H6F6O3. The van der Waals surface area contributed by atoms with Gasteiger partial charge in [-0.3, -0.25) is 0 Å². The maximum Gasteiger partial charge on any atom is 0.426 e. The van der Waals surface area contributed by atoms with Crippen molar-refractivity contribution in [2.24, 2.45) is 0 Å². The van der Waals surface area contributed by atoms with Crippen molar-refractivity contribution in [3.05, 3.63) is 0 Å². The Morgan fingerprint density at radius 2 is 1.14 bits per heavy atom. The molecule has 0 heterocycles. The summed E-state index contributed by atoms with van der Waals surface area (Å²) in [5, 5.41) is 24.3. The normalized spacial score (nSPS) is 15.0. The predicted molar refractivity (Wildman–Crippen MR) is 29.9 cm³/mol. The van der Waals surface area contributed by atoms with Crippen LogP contribution in [0.4, 0.5) is 26.3 Å². The van der Waals surface area contributed by atoms with E-state index in [9.17, 15) is 26.3 Å². The van der Waals surface area contributed by atoms with Crippen molar-refractivity contribution in [2.45, 2.75) is 30.7 Å². The molecule has 0 spiro atoms. The van der Waals surface area contributed by atoms with Crippen molar-refractivity contribution < 1.29 is 41.7 Å². The van der Waals surface area contributed by atoms with E-state index in [1.807, 2.05) is 0 Å². The second-order valence-electron chi connectivity index (χ2n) is 2.54. The Morgan fingerprint density at radius 3 is 1.21 bits per heavy atom. The Morgan fingerprint density at radius 1 is 0.857 bits per heavy atom. The monoisotopic (exact) mass is 228 g/mol. The van der Waals surface area contributed by atoms with Gasteiger partial charge in [-0.25, -0.2) is 0 Å². The van der Waals surface area contributed by atoms with Crippen molar-refractivity contribution in [3.63, 3.8) is 0 Å². The third-order valence-electron chi connectivity index (χ3n) is 1.42. The highest BCUT2D eigenvalue weighted by Gasteiger charge is 2.70. The fraction of sp³-hybridized carbons (Fsp3) is 1.00. The Kier molecular flexibility index (Phi) is 3.42. The first-order valence-corrected chi connectivity index (χ1v) is 3.14. The van der Waals surface area contributed by atoms with E-state index in [1.165, 1.54) is 0 Å². The Hall–Kier alpha value is -0.540. The van der Waals surface area contributed by atoms with Gasteiger partial charge in [0.15, 0.2) is 6.29 Å². The van der Waals surface area contributed by atoms with Crippen LogP contribution in [-0.4, -0.2) is 39.6 Å². The van der Waals surface area contributed by atoms with Crippen molar-refractivity contribution in [2.75, 3.05) is 0 Å². The van der Waals surface area contributed by atoms with Crippen molar-refractivity contribution in [1.82, 2.24) is 0 Å². The van der Waals surface area contributed by atoms with Gasteiger partial charge in [0, 0.05) is 6.42 Å². The molecule has 0 aromatic carbocycles. The zero-order valence-electron chi connectivity index (χ0n) is 6.39. The minimum Gasteiger partial charge on any atom is -0.373 e. The third-order valence-corrected chi connectivity index (χ3v) is 1.42. The van der Waals surface area contributed by atoms with Crippen LogP contribution in [0.2, 0.25) is 0 Å². The molecule has 3 nitrogen and oxygen atoms in total. The average Bonchev–Trinajstić information content (AvgIpc) is 1.79. The number of halogens is 6. The largest absolute Gasteiger partial charge is 0.426 e. The summed E-state index contributed by atoms with van der Waals surface area (Å²) in [6.07, 6.45) is -17.2. The quantitative estimate of drug-likeness (QED) is 0.477. The van der Waals surface area contributed by atoms with Crippen LogP contribution < -0.4 is 0 Å². The van der Waals surface area contributed by atoms with E-state index >= 15 is 0 Å². The molecule has 3 N–H and O–H groups in total. The number of rotatable bonds is 2. The number of hydrogen-bond donors (Lipinski definition) is 3. The molecule has 0 saturated carbocycles. The van der Waals surface area contributed by atoms with Crippen molar-refractivity contribution in [3.8, 4) is 0 Å². The fourth-order valence-electron chi connectivity index (χ4n) is 0.656.